The van der Waals surface area contributed by atoms with E-state index < -0.39 is 0 Å². The summed E-state index contributed by atoms with van der Waals surface area (Å²) >= 11 is 1.50. The van der Waals surface area contributed by atoms with Crippen molar-refractivity contribution in [3.63, 3.8) is 0 Å². The lowest BCUT2D eigenvalue weighted by molar-refractivity contribution is 1.33. The first-order valence-corrected chi connectivity index (χ1v) is 5.10. The molecule has 0 radical (unpaired) electrons. The zero-order valence-corrected chi connectivity index (χ0v) is 8.51. The van der Waals surface area contributed by atoms with E-state index in [0.29, 0.717) is 5.69 Å². The van der Waals surface area contributed by atoms with E-state index in [1.807, 2.05) is 37.3 Å². The zero-order chi connectivity index (χ0) is 9.97. The lowest BCUT2D eigenvalue weighted by atomic mass is 10.2. The van der Waals surface area contributed by atoms with Gasteiger partial charge in [0.1, 0.15) is 11.1 Å². The van der Waals surface area contributed by atoms with E-state index in [4.69, 9.17) is 5.26 Å². The monoisotopic (exact) mass is 200 g/mol. The summed E-state index contributed by atoms with van der Waals surface area (Å²) in [6, 6.07) is 10.2. The molecule has 14 heavy (non-hydrogen) atoms. The SMILES string of the molecule is Cc1ccc(-c2nc(C#N)cs2)cc1. The second kappa shape index (κ2) is 3.60. The molecule has 2 rings (SSSR count). The van der Waals surface area contributed by atoms with Crippen LogP contribution in [0.15, 0.2) is 29.6 Å². The molecule has 1 aromatic carbocycles. The maximum atomic E-state index is 8.64. The van der Waals surface area contributed by atoms with Gasteiger partial charge in [0, 0.05) is 10.9 Å². The standard InChI is InChI=1S/C11H8N2S/c1-8-2-4-9(5-3-8)11-13-10(6-12)7-14-11/h2-5,7H,1H3. The summed E-state index contributed by atoms with van der Waals surface area (Å²) in [6.45, 7) is 2.05. The van der Waals surface area contributed by atoms with Gasteiger partial charge < -0.3 is 0 Å². The van der Waals surface area contributed by atoms with Crippen molar-refractivity contribution in [2.75, 3.05) is 0 Å². The van der Waals surface area contributed by atoms with Crippen LogP contribution >= 0.6 is 11.3 Å². The van der Waals surface area contributed by atoms with Crippen LogP contribution in [0.4, 0.5) is 0 Å². The molecule has 0 atom stereocenters. The molecule has 0 fully saturated rings. The Morgan fingerprint density at radius 1 is 1.29 bits per heavy atom. The number of nitriles is 1. The van der Waals surface area contributed by atoms with Gasteiger partial charge >= 0.3 is 0 Å². The molecule has 2 aromatic rings. The van der Waals surface area contributed by atoms with Gasteiger partial charge in [0.05, 0.1) is 0 Å². The molecule has 3 heteroatoms. The molecular weight excluding hydrogens is 192 g/mol. The average Bonchev–Trinajstić information content (AvgIpc) is 2.67. The summed E-state index contributed by atoms with van der Waals surface area (Å²) in [4.78, 5) is 4.19. The Bertz CT molecular complexity index is 477. The van der Waals surface area contributed by atoms with Crippen LogP contribution in [0.5, 0.6) is 0 Å². The highest BCUT2D eigenvalue weighted by Gasteiger charge is 2.02. The van der Waals surface area contributed by atoms with Crippen molar-refractivity contribution >= 4 is 11.3 Å². The summed E-state index contributed by atoms with van der Waals surface area (Å²) in [5.41, 5.74) is 2.79. The Hall–Kier alpha value is -1.66. The number of nitrogens with zero attached hydrogens (tertiary/aromatic N) is 2. The molecule has 0 saturated carbocycles. The predicted octanol–water partition coefficient (Wildman–Crippen LogP) is 2.99. The zero-order valence-electron chi connectivity index (χ0n) is 7.69. The third-order valence-electron chi connectivity index (χ3n) is 1.92. The van der Waals surface area contributed by atoms with Gasteiger partial charge in [0.25, 0.3) is 0 Å². The minimum atomic E-state index is 0.491. The molecule has 1 aromatic heterocycles. The van der Waals surface area contributed by atoms with Crippen molar-refractivity contribution in [2.24, 2.45) is 0 Å². The summed E-state index contributed by atoms with van der Waals surface area (Å²) in [5, 5.41) is 11.3. The number of thiazole rings is 1. The summed E-state index contributed by atoms with van der Waals surface area (Å²) in [6.07, 6.45) is 0. The van der Waals surface area contributed by atoms with Crippen LogP contribution in [0.25, 0.3) is 10.6 Å². The van der Waals surface area contributed by atoms with Crippen LogP contribution in [-0.4, -0.2) is 4.98 Å². The van der Waals surface area contributed by atoms with Gasteiger partial charge in [0.15, 0.2) is 5.69 Å². The van der Waals surface area contributed by atoms with E-state index in [2.05, 4.69) is 4.98 Å². The predicted molar refractivity (Wildman–Crippen MR) is 57.0 cm³/mol. The molecule has 0 bridgehead atoms. The molecule has 0 saturated heterocycles. The van der Waals surface area contributed by atoms with Gasteiger partial charge in [-0.1, -0.05) is 29.8 Å². The van der Waals surface area contributed by atoms with E-state index in [9.17, 15) is 0 Å². The second-order valence-electron chi connectivity index (χ2n) is 3.02. The fourth-order valence-electron chi connectivity index (χ4n) is 1.15. The average molecular weight is 200 g/mol. The van der Waals surface area contributed by atoms with E-state index in [0.717, 1.165) is 10.6 Å². The minimum Gasteiger partial charge on any atom is -0.225 e. The van der Waals surface area contributed by atoms with Crippen LogP contribution in [0, 0.1) is 18.3 Å². The maximum absolute atomic E-state index is 8.64. The maximum Gasteiger partial charge on any atom is 0.152 e. The Balaban J connectivity index is 2.40. The van der Waals surface area contributed by atoms with Gasteiger partial charge in [-0.3, -0.25) is 0 Å². The molecular formula is C11H8N2S. The number of aryl methyl sites for hydroxylation is 1. The van der Waals surface area contributed by atoms with E-state index in [1.54, 1.807) is 5.38 Å². The van der Waals surface area contributed by atoms with Crippen LogP contribution < -0.4 is 0 Å². The smallest absolute Gasteiger partial charge is 0.152 e. The molecule has 0 unspecified atom stereocenters. The van der Waals surface area contributed by atoms with Crippen molar-refractivity contribution in [3.8, 4) is 16.6 Å². The fraction of sp³-hybridized carbons (Fsp3) is 0.0909. The molecule has 0 N–H and O–H groups in total. The second-order valence-corrected chi connectivity index (χ2v) is 3.87. The molecule has 0 aliphatic heterocycles. The highest BCUT2D eigenvalue weighted by Crippen LogP contribution is 2.23. The quantitative estimate of drug-likeness (QED) is 0.709. The number of aromatic nitrogens is 1. The van der Waals surface area contributed by atoms with E-state index >= 15 is 0 Å². The van der Waals surface area contributed by atoms with Gasteiger partial charge in [-0.2, -0.15) is 5.26 Å². The Kier molecular flexibility index (Phi) is 2.30. The molecule has 0 spiro atoms. The third kappa shape index (κ3) is 1.66. The summed E-state index contributed by atoms with van der Waals surface area (Å²) in [5.74, 6) is 0. The number of hydrogen-bond acceptors (Lipinski definition) is 3. The molecule has 0 amide bonds. The van der Waals surface area contributed by atoms with Gasteiger partial charge in [-0.15, -0.1) is 11.3 Å². The molecule has 0 aliphatic rings. The van der Waals surface area contributed by atoms with E-state index in [1.165, 1.54) is 16.9 Å². The topological polar surface area (TPSA) is 36.7 Å². The first kappa shape index (κ1) is 8.92. The minimum absolute atomic E-state index is 0.491. The fourth-order valence-corrected chi connectivity index (χ4v) is 1.91. The normalized spacial score (nSPS) is 9.71. The van der Waals surface area contributed by atoms with Crippen LogP contribution in [0.3, 0.4) is 0 Å². The van der Waals surface area contributed by atoms with Crippen LogP contribution in [0.1, 0.15) is 11.3 Å². The lowest BCUT2D eigenvalue weighted by Crippen LogP contribution is -1.78. The highest BCUT2D eigenvalue weighted by atomic mass is 32.1. The number of benzene rings is 1. The largest absolute Gasteiger partial charge is 0.225 e. The van der Waals surface area contributed by atoms with Crippen molar-refractivity contribution in [3.05, 3.63) is 40.9 Å². The van der Waals surface area contributed by atoms with Crippen molar-refractivity contribution in [1.29, 1.82) is 5.26 Å². The molecule has 2 nitrogen and oxygen atoms in total. The van der Waals surface area contributed by atoms with Gasteiger partial charge in [0.2, 0.25) is 0 Å². The molecule has 0 aliphatic carbocycles. The summed E-state index contributed by atoms with van der Waals surface area (Å²) in [7, 11) is 0. The first-order chi connectivity index (χ1) is 6.79. The lowest BCUT2D eigenvalue weighted by Gasteiger charge is -1.95. The van der Waals surface area contributed by atoms with Crippen LogP contribution in [-0.2, 0) is 0 Å². The Morgan fingerprint density at radius 2 is 2.00 bits per heavy atom. The van der Waals surface area contributed by atoms with E-state index in [-0.39, 0.29) is 0 Å². The Morgan fingerprint density at radius 3 is 2.57 bits per heavy atom. The van der Waals surface area contributed by atoms with Crippen LogP contribution in [0.2, 0.25) is 0 Å². The van der Waals surface area contributed by atoms with Crippen molar-refractivity contribution in [2.45, 2.75) is 6.92 Å². The highest BCUT2D eigenvalue weighted by molar-refractivity contribution is 7.13. The number of rotatable bonds is 1. The van der Waals surface area contributed by atoms with Gasteiger partial charge in [-0.25, -0.2) is 4.98 Å². The van der Waals surface area contributed by atoms with Gasteiger partial charge in [-0.05, 0) is 6.92 Å². The van der Waals surface area contributed by atoms with Crippen molar-refractivity contribution < 1.29 is 0 Å². The van der Waals surface area contributed by atoms with Crippen molar-refractivity contribution in [1.82, 2.24) is 4.98 Å². The summed E-state index contributed by atoms with van der Waals surface area (Å²) < 4.78 is 0. The molecule has 68 valence electrons. The first-order valence-electron chi connectivity index (χ1n) is 4.22. The molecule has 1 heterocycles. The Labute approximate surface area is 86.5 Å². The third-order valence-corrected chi connectivity index (χ3v) is 2.81. The number of hydrogen-bond donors (Lipinski definition) is 0.